The second kappa shape index (κ2) is 5.70. The lowest BCUT2D eigenvalue weighted by Crippen LogP contribution is -2.45. The van der Waals surface area contributed by atoms with Crippen LogP contribution >= 0.6 is 0 Å². The summed E-state index contributed by atoms with van der Waals surface area (Å²) in [5.74, 6) is -0.186. The van der Waals surface area contributed by atoms with Gasteiger partial charge in [-0.15, -0.1) is 0 Å². The van der Waals surface area contributed by atoms with Gasteiger partial charge in [0.05, 0.1) is 13.7 Å². The lowest BCUT2D eigenvalue weighted by atomic mass is 10.1. The van der Waals surface area contributed by atoms with E-state index in [1.54, 1.807) is 0 Å². The molecule has 0 saturated carbocycles. The van der Waals surface area contributed by atoms with Crippen molar-refractivity contribution in [1.29, 1.82) is 0 Å². The van der Waals surface area contributed by atoms with E-state index in [2.05, 4.69) is 10.1 Å². The zero-order chi connectivity index (χ0) is 11.3. The molecule has 1 rings (SSSR count). The molecule has 86 valence electrons. The highest BCUT2D eigenvalue weighted by molar-refractivity contribution is 5.73. The fraction of sp³-hybridized carbons (Fsp3) is 0.800. The van der Waals surface area contributed by atoms with Crippen LogP contribution < -0.4 is 5.32 Å². The van der Waals surface area contributed by atoms with Gasteiger partial charge in [-0.2, -0.15) is 0 Å². The number of carbonyl (C=O) groups excluding carboxylic acids is 2. The minimum absolute atomic E-state index is 0.0152. The van der Waals surface area contributed by atoms with Crippen molar-refractivity contribution in [2.45, 2.75) is 25.8 Å². The van der Waals surface area contributed by atoms with Crippen LogP contribution in [0.3, 0.4) is 0 Å². The highest BCUT2D eigenvalue weighted by atomic mass is 16.5. The molecule has 1 N–H and O–H groups in total. The van der Waals surface area contributed by atoms with Crippen LogP contribution in [0.2, 0.25) is 0 Å². The lowest BCUT2D eigenvalue weighted by molar-refractivity contribution is -0.142. The van der Waals surface area contributed by atoms with Crippen LogP contribution in [0.15, 0.2) is 0 Å². The fourth-order valence-electron chi connectivity index (χ4n) is 1.77. The first kappa shape index (κ1) is 12.0. The number of nitrogens with zero attached hydrogens (tertiary/aromatic N) is 1. The minimum Gasteiger partial charge on any atom is -0.468 e. The van der Waals surface area contributed by atoms with Crippen LogP contribution in [-0.4, -0.2) is 49.6 Å². The Morgan fingerprint density at radius 2 is 2.00 bits per heavy atom. The van der Waals surface area contributed by atoms with E-state index in [1.165, 1.54) is 14.0 Å². The SMILES string of the molecule is COC(=O)CN1CCC(NC(C)=O)CC1. The molecule has 0 unspecified atom stereocenters. The highest BCUT2D eigenvalue weighted by Gasteiger charge is 2.21. The number of nitrogens with one attached hydrogen (secondary N) is 1. The van der Waals surface area contributed by atoms with Gasteiger partial charge in [0, 0.05) is 26.1 Å². The number of likely N-dealkylation sites (tertiary alicyclic amines) is 1. The van der Waals surface area contributed by atoms with Crippen LogP contribution in [0, 0.1) is 0 Å². The number of hydrogen-bond acceptors (Lipinski definition) is 4. The van der Waals surface area contributed by atoms with Crippen LogP contribution in [0.4, 0.5) is 0 Å². The molecule has 1 amide bonds. The zero-order valence-corrected chi connectivity index (χ0v) is 9.28. The minimum atomic E-state index is -0.201. The Kier molecular flexibility index (Phi) is 4.55. The summed E-state index contributed by atoms with van der Waals surface area (Å²) in [6.07, 6.45) is 1.80. The molecule has 0 aliphatic carbocycles. The Morgan fingerprint density at radius 1 is 1.40 bits per heavy atom. The molecule has 1 heterocycles. The maximum absolute atomic E-state index is 11.0. The second-order valence-electron chi connectivity index (χ2n) is 3.83. The Hall–Kier alpha value is -1.10. The summed E-state index contributed by atoms with van der Waals surface area (Å²) in [4.78, 5) is 23.9. The highest BCUT2D eigenvalue weighted by Crippen LogP contribution is 2.09. The smallest absolute Gasteiger partial charge is 0.319 e. The monoisotopic (exact) mass is 214 g/mol. The number of piperidine rings is 1. The van der Waals surface area contributed by atoms with Gasteiger partial charge < -0.3 is 10.1 Å². The third-order valence-corrected chi connectivity index (χ3v) is 2.58. The Morgan fingerprint density at radius 3 is 2.47 bits per heavy atom. The van der Waals surface area contributed by atoms with E-state index in [-0.39, 0.29) is 17.9 Å². The van der Waals surface area contributed by atoms with E-state index in [4.69, 9.17) is 0 Å². The van der Waals surface area contributed by atoms with Crippen molar-refractivity contribution in [2.75, 3.05) is 26.7 Å². The van der Waals surface area contributed by atoms with Gasteiger partial charge in [0.1, 0.15) is 0 Å². The van der Waals surface area contributed by atoms with Gasteiger partial charge in [-0.3, -0.25) is 14.5 Å². The first-order chi connectivity index (χ1) is 7.11. The van der Waals surface area contributed by atoms with Crippen LogP contribution in [-0.2, 0) is 14.3 Å². The van der Waals surface area contributed by atoms with E-state index in [0.29, 0.717) is 6.54 Å². The molecule has 0 atom stereocenters. The van der Waals surface area contributed by atoms with E-state index < -0.39 is 0 Å². The van der Waals surface area contributed by atoms with Crippen LogP contribution in [0.5, 0.6) is 0 Å². The van der Waals surface area contributed by atoms with Crippen molar-refractivity contribution in [2.24, 2.45) is 0 Å². The van der Waals surface area contributed by atoms with Gasteiger partial charge >= 0.3 is 5.97 Å². The van der Waals surface area contributed by atoms with Gasteiger partial charge in [0.15, 0.2) is 0 Å². The summed E-state index contributed by atoms with van der Waals surface area (Å²) in [7, 11) is 1.40. The number of methoxy groups -OCH3 is 1. The average Bonchev–Trinajstić information content (AvgIpc) is 2.20. The number of ether oxygens (including phenoxy) is 1. The summed E-state index contributed by atoms with van der Waals surface area (Å²) in [6.45, 7) is 3.55. The number of amides is 1. The van der Waals surface area contributed by atoms with Crippen molar-refractivity contribution < 1.29 is 14.3 Å². The van der Waals surface area contributed by atoms with Crippen molar-refractivity contribution in [3.05, 3.63) is 0 Å². The van der Waals surface area contributed by atoms with Crippen molar-refractivity contribution in [3.8, 4) is 0 Å². The van der Waals surface area contributed by atoms with Gasteiger partial charge in [0.2, 0.25) is 5.91 Å². The molecule has 1 fully saturated rings. The topological polar surface area (TPSA) is 58.6 Å². The number of rotatable bonds is 3. The molecule has 0 bridgehead atoms. The molecule has 5 heteroatoms. The Balaban J connectivity index is 2.23. The van der Waals surface area contributed by atoms with Crippen LogP contribution in [0.1, 0.15) is 19.8 Å². The van der Waals surface area contributed by atoms with E-state index in [0.717, 1.165) is 25.9 Å². The summed E-state index contributed by atoms with van der Waals surface area (Å²) in [6, 6.07) is 0.261. The first-order valence-corrected chi connectivity index (χ1v) is 5.18. The molecule has 15 heavy (non-hydrogen) atoms. The molecule has 0 aromatic rings. The lowest BCUT2D eigenvalue weighted by Gasteiger charge is -2.31. The molecule has 0 aromatic carbocycles. The largest absolute Gasteiger partial charge is 0.468 e. The maximum Gasteiger partial charge on any atom is 0.319 e. The number of hydrogen-bond donors (Lipinski definition) is 1. The first-order valence-electron chi connectivity index (χ1n) is 5.18. The summed E-state index contributed by atoms with van der Waals surface area (Å²) in [5, 5.41) is 2.89. The normalized spacial score (nSPS) is 18.5. The third kappa shape index (κ3) is 4.29. The quantitative estimate of drug-likeness (QED) is 0.659. The van der Waals surface area contributed by atoms with Gasteiger partial charge in [-0.1, -0.05) is 0 Å². The Bertz CT molecular complexity index is 235. The van der Waals surface area contributed by atoms with Gasteiger partial charge in [-0.05, 0) is 12.8 Å². The molecule has 0 spiro atoms. The predicted molar refractivity (Wildman–Crippen MR) is 55.3 cm³/mol. The molecule has 5 nitrogen and oxygen atoms in total. The van der Waals surface area contributed by atoms with Crippen molar-refractivity contribution in [3.63, 3.8) is 0 Å². The molecule has 1 aliphatic rings. The number of carbonyl (C=O) groups is 2. The molecule has 1 aliphatic heterocycles. The fourth-order valence-corrected chi connectivity index (χ4v) is 1.77. The van der Waals surface area contributed by atoms with Gasteiger partial charge in [0.25, 0.3) is 0 Å². The van der Waals surface area contributed by atoms with Crippen molar-refractivity contribution in [1.82, 2.24) is 10.2 Å². The summed E-state index contributed by atoms with van der Waals surface area (Å²) in [5.41, 5.74) is 0. The zero-order valence-electron chi connectivity index (χ0n) is 9.28. The van der Waals surface area contributed by atoms with E-state index >= 15 is 0 Å². The predicted octanol–water partition coefficient (Wildman–Crippen LogP) is -0.240. The molecule has 0 aromatic heterocycles. The number of esters is 1. The molecular formula is C10H18N2O3. The Labute approximate surface area is 89.8 Å². The average molecular weight is 214 g/mol. The van der Waals surface area contributed by atoms with E-state index in [1.807, 2.05) is 4.90 Å². The van der Waals surface area contributed by atoms with E-state index in [9.17, 15) is 9.59 Å². The second-order valence-corrected chi connectivity index (χ2v) is 3.83. The molecular weight excluding hydrogens is 196 g/mol. The maximum atomic E-state index is 11.0. The van der Waals surface area contributed by atoms with Gasteiger partial charge in [-0.25, -0.2) is 0 Å². The molecule has 1 saturated heterocycles. The van der Waals surface area contributed by atoms with Crippen molar-refractivity contribution >= 4 is 11.9 Å². The molecule has 0 radical (unpaired) electrons. The third-order valence-electron chi connectivity index (χ3n) is 2.58. The summed E-state index contributed by atoms with van der Waals surface area (Å²) < 4.78 is 4.59. The van der Waals surface area contributed by atoms with Crippen LogP contribution in [0.25, 0.3) is 0 Å². The summed E-state index contributed by atoms with van der Waals surface area (Å²) >= 11 is 0. The standard InChI is InChI=1S/C10H18N2O3/c1-8(13)11-9-3-5-12(6-4-9)7-10(14)15-2/h9H,3-7H2,1-2H3,(H,11,13).